The van der Waals surface area contributed by atoms with Gasteiger partial charge in [-0.1, -0.05) is 0 Å². The predicted octanol–water partition coefficient (Wildman–Crippen LogP) is -3.46. The van der Waals surface area contributed by atoms with Gasteiger partial charge in [-0.2, -0.15) is 4.31 Å². The van der Waals surface area contributed by atoms with E-state index in [2.05, 4.69) is 9.29 Å². The Morgan fingerprint density at radius 1 is 1.08 bits per heavy atom. The van der Waals surface area contributed by atoms with E-state index in [0.29, 0.717) is 0 Å². The van der Waals surface area contributed by atoms with Gasteiger partial charge in [0.15, 0.2) is 6.29 Å². The molecule has 0 aliphatic carbocycles. The summed E-state index contributed by atoms with van der Waals surface area (Å²) in [5.41, 5.74) is -1.30. The first-order chi connectivity index (χ1) is 16.6. The fraction of sp³-hybridized carbons (Fsp3) is 0.750. The standard InChI is InChI=1S/C16H26N2O16P2/c1-6-3-18(16(25)17-14(6)24)10-2-7(20)9(31-10)5-30-36(29,34-35(26,27)28)33-15-13(23)12(22)11(21)8(4-19)32-15/h3,7-13,15,19-23H,2,4-5H2,1H3,(H,17,24,25)(H2,26,27,28)/t7?,8-,9-,10-,11+,12-,13+,15+,36?/m1/s1. The lowest BCUT2D eigenvalue weighted by atomic mass is 10.00. The Kier molecular flexibility index (Phi) is 9.08. The Morgan fingerprint density at radius 2 is 1.75 bits per heavy atom. The second-order valence-electron chi connectivity index (χ2n) is 8.03. The van der Waals surface area contributed by atoms with Gasteiger partial charge in [-0.15, -0.1) is 0 Å². The maximum Gasteiger partial charge on any atom is 0.486 e. The number of aromatic nitrogens is 2. The van der Waals surface area contributed by atoms with Crippen molar-refractivity contribution < 1.29 is 67.3 Å². The van der Waals surface area contributed by atoms with Crippen molar-refractivity contribution in [1.82, 2.24) is 9.55 Å². The number of rotatable bonds is 9. The molecule has 0 spiro atoms. The molecule has 1 aromatic heterocycles. The molecule has 1 aromatic rings. The van der Waals surface area contributed by atoms with Crippen LogP contribution in [0.3, 0.4) is 0 Å². The Hall–Kier alpha value is -1.34. The third-order valence-electron chi connectivity index (χ3n) is 5.35. The summed E-state index contributed by atoms with van der Waals surface area (Å²) in [6, 6.07) is 0. The van der Waals surface area contributed by atoms with E-state index in [1.165, 1.54) is 13.1 Å². The van der Waals surface area contributed by atoms with Crippen LogP contribution >= 0.6 is 15.6 Å². The number of phosphoric acid groups is 2. The first kappa shape index (κ1) is 29.2. The van der Waals surface area contributed by atoms with E-state index < -0.39 is 89.2 Å². The van der Waals surface area contributed by atoms with Crippen LogP contribution in [0.15, 0.2) is 15.8 Å². The Balaban J connectivity index is 1.75. The zero-order chi connectivity index (χ0) is 27.0. The van der Waals surface area contributed by atoms with Crippen LogP contribution in [0.25, 0.3) is 0 Å². The van der Waals surface area contributed by atoms with Gasteiger partial charge >= 0.3 is 21.3 Å². The first-order valence-corrected chi connectivity index (χ1v) is 13.3. The largest absolute Gasteiger partial charge is 0.486 e. The van der Waals surface area contributed by atoms with Crippen molar-refractivity contribution in [3.63, 3.8) is 0 Å². The van der Waals surface area contributed by atoms with Gasteiger partial charge in [-0.05, 0) is 6.92 Å². The number of H-pyrrole nitrogens is 1. The molecule has 9 atom stereocenters. The molecule has 0 aromatic carbocycles. The van der Waals surface area contributed by atoms with Gasteiger partial charge in [-0.25, -0.2) is 13.9 Å². The minimum absolute atomic E-state index is 0.167. The van der Waals surface area contributed by atoms with Crippen LogP contribution < -0.4 is 11.2 Å². The Labute approximate surface area is 201 Å². The molecule has 18 nitrogen and oxygen atoms in total. The molecule has 0 amide bonds. The van der Waals surface area contributed by atoms with Gasteiger partial charge in [0.05, 0.1) is 19.3 Å². The molecular weight excluding hydrogens is 538 g/mol. The van der Waals surface area contributed by atoms with Gasteiger partial charge in [0.1, 0.15) is 36.7 Å². The lowest BCUT2D eigenvalue weighted by molar-refractivity contribution is -0.281. The fourth-order valence-corrected chi connectivity index (χ4v) is 5.69. The smallest absolute Gasteiger partial charge is 0.394 e. The molecule has 2 saturated heterocycles. The minimum atomic E-state index is -5.57. The molecule has 36 heavy (non-hydrogen) atoms. The minimum Gasteiger partial charge on any atom is -0.394 e. The topological polar surface area (TPSA) is 277 Å². The molecule has 0 saturated carbocycles. The van der Waals surface area contributed by atoms with Crippen LogP contribution in [0.2, 0.25) is 0 Å². The molecule has 206 valence electrons. The lowest BCUT2D eigenvalue weighted by Crippen LogP contribution is -2.59. The maximum absolute atomic E-state index is 13.0. The normalized spacial score (nSPS) is 35.0. The third-order valence-corrected chi connectivity index (χ3v) is 7.93. The average molecular weight is 564 g/mol. The summed E-state index contributed by atoms with van der Waals surface area (Å²) in [6.07, 6.45) is -12.4. The highest BCUT2D eigenvalue weighted by Gasteiger charge is 2.49. The van der Waals surface area contributed by atoms with E-state index in [0.717, 1.165) is 4.57 Å². The molecule has 3 heterocycles. The van der Waals surface area contributed by atoms with Crippen molar-refractivity contribution in [2.24, 2.45) is 0 Å². The number of hydrogen-bond donors (Lipinski definition) is 8. The van der Waals surface area contributed by atoms with Crippen molar-refractivity contribution in [2.45, 2.75) is 62.5 Å². The quantitative estimate of drug-likeness (QED) is 0.135. The molecule has 0 radical (unpaired) electrons. The highest BCUT2D eigenvalue weighted by Crippen LogP contribution is 2.62. The molecule has 2 aliphatic heterocycles. The Morgan fingerprint density at radius 3 is 2.36 bits per heavy atom. The number of aliphatic hydroxyl groups excluding tert-OH is 5. The molecule has 3 rings (SSSR count). The van der Waals surface area contributed by atoms with Crippen LogP contribution in [0.1, 0.15) is 18.2 Å². The maximum atomic E-state index is 13.0. The van der Waals surface area contributed by atoms with Crippen LogP contribution in [0.4, 0.5) is 0 Å². The summed E-state index contributed by atoms with van der Waals surface area (Å²) in [7, 11) is -10.9. The number of aryl methyl sites for hydroxylation is 1. The zero-order valence-electron chi connectivity index (χ0n) is 18.5. The van der Waals surface area contributed by atoms with Gasteiger partial charge in [0.2, 0.25) is 0 Å². The summed E-state index contributed by atoms with van der Waals surface area (Å²) in [5, 5.41) is 49.2. The van der Waals surface area contributed by atoms with Crippen LogP contribution in [0, 0.1) is 6.92 Å². The molecule has 20 heteroatoms. The van der Waals surface area contributed by atoms with Crippen molar-refractivity contribution in [3.8, 4) is 0 Å². The predicted molar refractivity (Wildman–Crippen MR) is 112 cm³/mol. The van der Waals surface area contributed by atoms with Crippen LogP contribution in [-0.2, 0) is 32.0 Å². The SMILES string of the molecule is Cc1cn([C@H]2CC(O)[C@@H](COP(=O)(O[C@@H]3O[C@H](CO)[C@H](O)[C@@H](O)[C@@H]3O)OP(=O)(O)O)O2)c(=O)[nH]c1=O. The second-order valence-corrected chi connectivity index (χ2v) is 11.0. The highest BCUT2D eigenvalue weighted by atomic mass is 31.3. The van der Waals surface area contributed by atoms with E-state index in [1.807, 2.05) is 0 Å². The summed E-state index contributed by atoms with van der Waals surface area (Å²) in [6.45, 7) is -0.349. The average Bonchev–Trinajstić information content (AvgIpc) is 3.14. The zero-order valence-corrected chi connectivity index (χ0v) is 20.3. The summed E-state index contributed by atoms with van der Waals surface area (Å²) >= 11 is 0. The van der Waals surface area contributed by atoms with Crippen molar-refractivity contribution in [2.75, 3.05) is 13.2 Å². The van der Waals surface area contributed by atoms with E-state index in [9.17, 15) is 44.3 Å². The number of nitrogens with zero attached hydrogens (tertiary/aromatic N) is 1. The van der Waals surface area contributed by atoms with Crippen LogP contribution in [0.5, 0.6) is 0 Å². The lowest BCUT2D eigenvalue weighted by Gasteiger charge is -2.40. The monoisotopic (exact) mass is 564 g/mol. The van der Waals surface area contributed by atoms with E-state index >= 15 is 0 Å². The fourth-order valence-electron chi connectivity index (χ4n) is 3.49. The van der Waals surface area contributed by atoms with Crippen molar-refractivity contribution in [1.29, 1.82) is 0 Å². The molecular formula is C16H26N2O16P2. The van der Waals surface area contributed by atoms with Gasteiger partial charge in [0, 0.05) is 18.2 Å². The highest BCUT2D eigenvalue weighted by molar-refractivity contribution is 7.61. The number of aromatic amines is 1. The third kappa shape index (κ3) is 6.75. The second kappa shape index (κ2) is 11.2. The Bertz CT molecular complexity index is 1130. The molecule has 2 aliphatic rings. The van der Waals surface area contributed by atoms with E-state index in [-0.39, 0.29) is 12.0 Å². The van der Waals surface area contributed by atoms with Gasteiger partial charge in [-0.3, -0.25) is 23.4 Å². The summed E-state index contributed by atoms with van der Waals surface area (Å²) < 4.78 is 49.6. The van der Waals surface area contributed by atoms with Crippen molar-refractivity contribution >= 4 is 15.6 Å². The molecule has 8 N–H and O–H groups in total. The van der Waals surface area contributed by atoms with E-state index in [4.69, 9.17) is 28.3 Å². The van der Waals surface area contributed by atoms with Gasteiger partial charge in [0.25, 0.3) is 5.56 Å². The molecule has 0 bridgehead atoms. The van der Waals surface area contributed by atoms with E-state index in [1.54, 1.807) is 0 Å². The number of aliphatic hydroxyl groups is 5. The number of nitrogens with one attached hydrogen (secondary N) is 1. The van der Waals surface area contributed by atoms with Gasteiger partial charge < -0.3 is 44.8 Å². The molecule has 2 unspecified atom stereocenters. The number of ether oxygens (including phenoxy) is 2. The molecule has 2 fully saturated rings. The van der Waals surface area contributed by atoms with Crippen LogP contribution in [-0.4, -0.2) is 101 Å². The summed E-state index contributed by atoms with van der Waals surface area (Å²) in [4.78, 5) is 43.9. The summed E-state index contributed by atoms with van der Waals surface area (Å²) in [5.74, 6) is 0. The number of hydrogen-bond acceptors (Lipinski definition) is 14. The first-order valence-electron chi connectivity index (χ1n) is 10.3. The van der Waals surface area contributed by atoms with Crippen molar-refractivity contribution in [3.05, 3.63) is 32.6 Å². The number of phosphoric ester groups is 1.